The van der Waals surface area contributed by atoms with Gasteiger partial charge in [-0.15, -0.1) is 0 Å². The van der Waals surface area contributed by atoms with Crippen LogP contribution in [0.3, 0.4) is 0 Å². The number of ether oxygens (including phenoxy) is 1. The van der Waals surface area contributed by atoms with E-state index in [1.165, 1.54) is 0 Å². The second kappa shape index (κ2) is 6.64. The van der Waals surface area contributed by atoms with E-state index in [0.717, 1.165) is 13.1 Å². The predicted molar refractivity (Wildman–Crippen MR) is 81.3 cm³/mol. The summed E-state index contributed by atoms with van der Waals surface area (Å²) in [6.45, 7) is 6.75. The van der Waals surface area contributed by atoms with Crippen molar-refractivity contribution in [3.8, 4) is 0 Å². The van der Waals surface area contributed by atoms with Gasteiger partial charge in [-0.05, 0) is 19.9 Å². The van der Waals surface area contributed by atoms with Gasteiger partial charge in [-0.2, -0.15) is 5.10 Å². The Labute approximate surface area is 130 Å². The third kappa shape index (κ3) is 3.77. The van der Waals surface area contributed by atoms with Crippen LogP contribution < -0.4 is 0 Å². The van der Waals surface area contributed by atoms with Crippen LogP contribution in [-0.2, 0) is 33.2 Å². The lowest BCUT2D eigenvalue weighted by molar-refractivity contribution is -0.0294. The largest absolute Gasteiger partial charge is 0.374 e. The third-order valence-corrected chi connectivity index (χ3v) is 5.13. The summed E-state index contributed by atoms with van der Waals surface area (Å²) >= 11 is 0. The van der Waals surface area contributed by atoms with Crippen molar-refractivity contribution in [1.82, 2.24) is 14.7 Å². The highest BCUT2D eigenvalue weighted by atomic mass is 35.7. The minimum Gasteiger partial charge on any atom is -0.374 e. The van der Waals surface area contributed by atoms with Crippen LogP contribution in [0.2, 0.25) is 0 Å². The van der Waals surface area contributed by atoms with E-state index in [1.807, 2.05) is 20.9 Å². The molecule has 0 bridgehead atoms. The maximum atomic E-state index is 11.8. The van der Waals surface area contributed by atoms with Gasteiger partial charge in [0.25, 0.3) is 9.05 Å². The molecular weight excluding hydrogens is 314 g/mol. The molecule has 6 nitrogen and oxygen atoms in total. The van der Waals surface area contributed by atoms with Gasteiger partial charge in [0.05, 0.1) is 30.6 Å². The van der Waals surface area contributed by atoms with Crippen molar-refractivity contribution < 1.29 is 13.2 Å². The number of rotatable bonds is 5. The molecular formula is C13H22ClN3O3S. The lowest BCUT2D eigenvalue weighted by atomic mass is 10.2. The molecule has 0 saturated carbocycles. The normalized spacial score (nSPS) is 20.9. The Balaban J connectivity index is 2.33. The summed E-state index contributed by atoms with van der Waals surface area (Å²) in [5, 5.41) is 4.44. The molecule has 1 saturated heterocycles. The van der Waals surface area contributed by atoms with Gasteiger partial charge < -0.3 is 9.64 Å². The van der Waals surface area contributed by atoms with Gasteiger partial charge in [0.15, 0.2) is 0 Å². The van der Waals surface area contributed by atoms with Crippen LogP contribution in [0, 0.1) is 0 Å². The smallest absolute Gasteiger partial charge is 0.264 e. The van der Waals surface area contributed by atoms with E-state index < -0.39 is 9.05 Å². The van der Waals surface area contributed by atoms with Gasteiger partial charge in [-0.25, -0.2) is 8.42 Å². The van der Waals surface area contributed by atoms with Crippen LogP contribution in [0.25, 0.3) is 0 Å². The molecule has 0 aliphatic carbocycles. The topological polar surface area (TPSA) is 64.4 Å². The number of aromatic nitrogens is 2. The first kappa shape index (κ1) is 16.7. The summed E-state index contributed by atoms with van der Waals surface area (Å²) < 4.78 is 31.1. The van der Waals surface area contributed by atoms with Crippen LogP contribution in [0.5, 0.6) is 0 Å². The molecule has 1 unspecified atom stereocenters. The molecule has 0 radical (unpaired) electrons. The van der Waals surface area contributed by atoms with Crippen LogP contribution in [-0.4, -0.2) is 55.9 Å². The molecule has 1 fully saturated rings. The van der Waals surface area contributed by atoms with Crippen molar-refractivity contribution in [2.75, 3.05) is 26.7 Å². The van der Waals surface area contributed by atoms with Gasteiger partial charge in [-0.1, -0.05) is 13.8 Å². The van der Waals surface area contributed by atoms with Crippen molar-refractivity contribution in [3.05, 3.63) is 11.4 Å². The Bertz CT molecular complexity index is 600. The van der Waals surface area contributed by atoms with Gasteiger partial charge in [0.1, 0.15) is 4.90 Å². The van der Waals surface area contributed by atoms with Crippen molar-refractivity contribution in [3.63, 3.8) is 0 Å². The van der Waals surface area contributed by atoms with Gasteiger partial charge in [-0.3, -0.25) is 4.68 Å². The third-order valence-electron chi connectivity index (χ3n) is 3.71. The number of hydrogen-bond acceptors (Lipinski definition) is 5. The molecule has 2 rings (SSSR count). The molecule has 0 N–H and O–H groups in total. The maximum Gasteiger partial charge on any atom is 0.264 e. The van der Waals surface area contributed by atoms with Gasteiger partial charge in [0, 0.05) is 23.8 Å². The summed E-state index contributed by atoms with van der Waals surface area (Å²) in [5.74, 6) is 0. The van der Waals surface area contributed by atoms with Crippen LogP contribution in [0.4, 0.5) is 0 Å². The molecule has 21 heavy (non-hydrogen) atoms. The Hall–Kier alpha value is -0.630. The van der Waals surface area contributed by atoms with Crippen LogP contribution in [0.1, 0.15) is 25.2 Å². The number of morpholine rings is 1. The second-order valence-electron chi connectivity index (χ2n) is 5.30. The van der Waals surface area contributed by atoms with E-state index >= 15 is 0 Å². The summed E-state index contributed by atoms with van der Waals surface area (Å²) in [4.78, 5) is 2.38. The van der Waals surface area contributed by atoms with E-state index in [1.54, 1.807) is 4.68 Å². The molecule has 2 heterocycles. The molecule has 120 valence electrons. The first-order valence-electron chi connectivity index (χ1n) is 7.20. The lowest BCUT2D eigenvalue weighted by Crippen LogP contribution is -2.42. The van der Waals surface area contributed by atoms with Crippen molar-refractivity contribution in [2.45, 2.75) is 44.2 Å². The maximum absolute atomic E-state index is 11.8. The highest BCUT2D eigenvalue weighted by Gasteiger charge is 2.27. The fourth-order valence-electron chi connectivity index (χ4n) is 2.71. The number of likely N-dealkylation sites (N-methyl/N-ethyl adjacent to an activating group) is 1. The fraction of sp³-hybridized carbons (Fsp3) is 0.769. The predicted octanol–water partition coefficient (Wildman–Crippen LogP) is 1.27. The number of halogens is 1. The summed E-state index contributed by atoms with van der Waals surface area (Å²) in [6, 6.07) is 0. The Morgan fingerprint density at radius 3 is 2.62 bits per heavy atom. The van der Waals surface area contributed by atoms with Crippen molar-refractivity contribution in [1.29, 1.82) is 0 Å². The zero-order valence-corrected chi connectivity index (χ0v) is 14.2. The fourth-order valence-corrected chi connectivity index (χ4v) is 4.24. The Morgan fingerprint density at radius 1 is 1.38 bits per heavy atom. The van der Waals surface area contributed by atoms with Gasteiger partial charge >= 0.3 is 0 Å². The average Bonchev–Trinajstić information content (AvgIpc) is 2.76. The van der Waals surface area contributed by atoms with Crippen LogP contribution in [0.15, 0.2) is 4.90 Å². The SMILES string of the molecule is CCc1nn(CC2CN(C)CCO2)c(CC)c1S(=O)(=O)Cl. The van der Waals surface area contributed by atoms with Crippen LogP contribution >= 0.6 is 10.7 Å². The lowest BCUT2D eigenvalue weighted by Gasteiger charge is -2.30. The van der Waals surface area contributed by atoms with E-state index in [4.69, 9.17) is 15.4 Å². The quantitative estimate of drug-likeness (QED) is 0.758. The number of hydrogen-bond donors (Lipinski definition) is 0. The standard InChI is InChI=1S/C13H22ClN3O3S/c1-4-11-13(21(14,18)19)12(5-2)17(15-11)9-10-8-16(3)6-7-20-10/h10H,4-9H2,1-3H3. The first-order chi connectivity index (χ1) is 9.86. The average molecular weight is 336 g/mol. The van der Waals surface area contributed by atoms with Gasteiger partial charge in [0.2, 0.25) is 0 Å². The molecule has 1 aliphatic heterocycles. The van der Waals surface area contributed by atoms with E-state index in [-0.39, 0.29) is 11.0 Å². The molecule has 1 aromatic heterocycles. The minimum absolute atomic E-state index is 0.0181. The van der Waals surface area contributed by atoms with E-state index in [2.05, 4.69) is 10.00 Å². The van der Waals surface area contributed by atoms with E-state index in [0.29, 0.717) is 37.4 Å². The summed E-state index contributed by atoms with van der Waals surface area (Å²) in [6.07, 6.45) is 1.12. The molecule has 0 amide bonds. The molecule has 8 heteroatoms. The molecule has 1 aromatic rings. The first-order valence-corrected chi connectivity index (χ1v) is 9.51. The molecule has 1 atom stereocenters. The Kier molecular flexibility index (Phi) is 5.29. The molecule has 0 aromatic carbocycles. The Morgan fingerprint density at radius 2 is 2.10 bits per heavy atom. The second-order valence-corrected chi connectivity index (χ2v) is 7.81. The highest BCUT2D eigenvalue weighted by Crippen LogP contribution is 2.26. The molecule has 1 aliphatic rings. The van der Waals surface area contributed by atoms with E-state index in [9.17, 15) is 8.42 Å². The highest BCUT2D eigenvalue weighted by molar-refractivity contribution is 8.13. The zero-order chi connectivity index (χ0) is 15.6. The van der Waals surface area contributed by atoms with Crippen molar-refractivity contribution >= 4 is 19.7 Å². The number of nitrogens with zero attached hydrogens (tertiary/aromatic N) is 3. The zero-order valence-electron chi connectivity index (χ0n) is 12.7. The summed E-state index contributed by atoms with van der Waals surface area (Å²) in [5.41, 5.74) is 1.20. The number of aryl methyl sites for hydroxylation is 1. The monoisotopic (exact) mass is 335 g/mol. The van der Waals surface area contributed by atoms with Crippen molar-refractivity contribution in [2.24, 2.45) is 0 Å². The summed E-state index contributed by atoms with van der Waals surface area (Å²) in [7, 11) is 3.85. The minimum atomic E-state index is -3.78. The molecule has 0 spiro atoms.